The zero-order valence-corrected chi connectivity index (χ0v) is 17.7. The number of benzene rings is 3. The van der Waals surface area contributed by atoms with E-state index in [0.29, 0.717) is 0 Å². The Morgan fingerprint density at radius 3 is 2.29 bits per heavy atom. The van der Waals surface area contributed by atoms with Crippen molar-refractivity contribution in [3.63, 3.8) is 0 Å². The Morgan fingerprint density at radius 2 is 1.58 bits per heavy atom. The Morgan fingerprint density at radius 1 is 0.839 bits per heavy atom. The maximum absolute atomic E-state index is 4.67. The smallest absolute Gasteiger partial charge is 0.150 e. The van der Waals surface area contributed by atoms with Gasteiger partial charge in [0.25, 0.3) is 0 Å². The lowest BCUT2D eigenvalue weighted by Crippen LogP contribution is -1.98. The van der Waals surface area contributed by atoms with Gasteiger partial charge in [0.1, 0.15) is 12.1 Å². The van der Waals surface area contributed by atoms with E-state index in [9.17, 15) is 0 Å². The average molecular weight is 405 g/mol. The van der Waals surface area contributed by atoms with Crippen molar-refractivity contribution in [2.45, 2.75) is 20.3 Å². The molecule has 0 aliphatic rings. The van der Waals surface area contributed by atoms with Gasteiger partial charge in [-0.05, 0) is 48.7 Å². The molecule has 5 aromatic rings. The second kappa shape index (κ2) is 8.07. The fourth-order valence-electron chi connectivity index (χ4n) is 3.86. The van der Waals surface area contributed by atoms with Crippen LogP contribution in [0.2, 0.25) is 0 Å². The summed E-state index contributed by atoms with van der Waals surface area (Å²) in [5, 5.41) is 4.53. The summed E-state index contributed by atoms with van der Waals surface area (Å²) >= 11 is 0. The lowest BCUT2D eigenvalue weighted by Gasteiger charge is -2.09. The van der Waals surface area contributed by atoms with Gasteiger partial charge in [-0.2, -0.15) is 0 Å². The van der Waals surface area contributed by atoms with Gasteiger partial charge in [-0.1, -0.05) is 67.1 Å². The van der Waals surface area contributed by atoms with Crippen LogP contribution in [-0.4, -0.2) is 14.5 Å². The van der Waals surface area contributed by atoms with Gasteiger partial charge in [0.2, 0.25) is 0 Å². The third-order valence-electron chi connectivity index (χ3n) is 5.60. The van der Waals surface area contributed by atoms with Crippen LogP contribution in [0.5, 0.6) is 0 Å². The lowest BCUT2D eigenvalue weighted by molar-refractivity contribution is 1.07. The predicted octanol–water partition coefficient (Wildman–Crippen LogP) is 6.70. The topological polar surface area (TPSA) is 42.7 Å². The van der Waals surface area contributed by atoms with E-state index in [2.05, 4.69) is 113 Å². The van der Waals surface area contributed by atoms with Gasteiger partial charge in [0.05, 0.1) is 5.39 Å². The lowest BCUT2D eigenvalue weighted by atomic mass is 10.1. The van der Waals surface area contributed by atoms with E-state index < -0.39 is 0 Å². The highest BCUT2D eigenvalue weighted by Gasteiger charge is 2.17. The van der Waals surface area contributed by atoms with Crippen LogP contribution in [-0.2, 0) is 6.42 Å². The Hall–Kier alpha value is -3.92. The van der Waals surface area contributed by atoms with Gasteiger partial charge in [-0.15, -0.1) is 0 Å². The molecule has 0 saturated heterocycles. The van der Waals surface area contributed by atoms with E-state index in [4.69, 9.17) is 0 Å². The number of hydrogen-bond donors (Lipinski definition) is 1. The summed E-state index contributed by atoms with van der Waals surface area (Å²) in [5.74, 6) is 0.805. The third-order valence-corrected chi connectivity index (χ3v) is 5.60. The van der Waals surface area contributed by atoms with E-state index in [1.807, 2.05) is 6.07 Å². The van der Waals surface area contributed by atoms with Crippen molar-refractivity contribution in [3.05, 3.63) is 103 Å². The van der Waals surface area contributed by atoms with Crippen molar-refractivity contribution in [1.82, 2.24) is 14.5 Å². The molecular weight excluding hydrogens is 380 g/mol. The fraction of sp³-hybridized carbons (Fsp3) is 0.111. The third kappa shape index (κ3) is 3.68. The molecule has 1 N–H and O–H groups in total. The molecule has 152 valence electrons. The molecule has 2 heterocycles. The van der Waals surface area contributed by atoms with Crippen molar-refractivity contribution in [3.8, 4) is 16.8 Å². The van der Waals surface area contributed by atoms with Crippen molar-refractivity contribution in [2.75, 3.05) is 5.32 Å². The molecular formula is C27H24N4. The number of fused-ring (bicyclic) bond motifs is 1. The summed E-state index contributed by atoms with van der Waals surface area (Å²) in [6.45, 7) is 4.26. The molecule has 0 fully saturated rings. The van der Waals surface area contributed by atoms with Crippen LogP contribution in [0.4, 0.5) is 11.5 Å². The van der Waals surface area contributed by atoms with Crippen LogP contribution < -0.4 is 5.32 Å². The first-order valence-electron chi connectivity index (χ1n) is 10.6. The largest absolute Gasteiger partial charge is 0.340 e. The maximum Gasteiger partial charge on any atom is 0.150 e. The summed E-state index contributed by atoms with van der Waals surface area (Å²) in [6.07, 6.45) is 4.81. The minimum atomic E-state index is 0.805. The van der Waals surface area contributed by atoms with E-state index in [1.165, 1.54) is 11.1 Å². The summed E-state index contributed by atoms with van der Waals surface area (Å²) in [7, 11) is 0. The fourth-order valence-corrected chi connectivity index (χ4v) is 3.86. The monoisotopic (exact) mass is 404 g/mol. The molecule has 5 rings (SSSR count). The second-order valence-electron chi connectivity index (χ2n) is 7.71. The minimum Gasteiger partial charge on any atom is -0.340 e. The van der Waals surface area contributed by atoms with E-state index >= 15 is 0 Å². The molecule has 0 radical (unpaired) electrons. The molecule has 4 heteroatoms. The van der Waals surface area contributed by atoms with Crippen molar-refractivity contribution in [2.24, 2.45) is 0 Å². The van der Waals surface area contributed by atoms with Crippen LogP contribution in [0.1, 0.15) is 18.1 Å². The summed E-state index contributed by atoms with van der Waals surface area (Å²) in [5.41, 5.74) is 7.76. The molecule has 0 aliphatic heterocycles. The van der Waals surface area contributed by atoms with Crippen LogP contribution >= 0.6 is 0 Å². The molecule has 0 spiro atoms. The van der Waals surface area contributed by atoms with Crippen molar-refractivity contribution >= 4 is 22.5 Å². The first-order chi connectivity index (χ1) is 15.2. The van der Waals surface area contributed by atoms with E-state index in [1.54, 1.807) is 6.33 Å². The zero-order chi connectivity index (χ0) is 21.2. The van der Waals surface area contributed by atoms with Crippen LogP contribution in [0, 0.1) is 6.92 Å². The number of aromatic nitrogens is 3. The van der Waals surface area contributed by atoms with Gasteiger partial charge in [0, 0.05) is 23.1 Å². The van der Waals surface area contributed by atoms with Crippen LogP contribution in [0.25, 0.3) is 27.8 Å². The highest BCUT2D eigenvalue weighted by atomic mass is 15.1. The van der Waals surface area contributed by atoms with E-state index in [-0.39, 0.29) is 0 Å². The van der Waals surface area contributed by atoms with Gasteiger partial charge in [-0.3, -0.25) is 0 Å². The molecule has 0 bridgehead atoms. The number of anilines is 2. The quantitative estimate of drug-likeness (QED) is 0.354. The first kappa shape index (κ1) is 19.1. The van der Waals surface area contributed by atoms with Crippen molar-refractivity contribution < 1.29 is 0 Å². The molecule has 4 nitrogen and oxygen atoms in total. The SMILES string of the molecule is CCc1ccc(Nc2ncnc3c2c(-c2ccccc2)cn3-c2ccc(C)cc2)cc1. The van der Waals surface area contributed by atoms with Gasteiger partial charge >= 0.3 is 0 Å². The number of hydrogen-bond acceptors (Lipinski definition) is 3. The summed E-state index contributed by atoms with van der Waals surface area (Å²) < 4.78 is 2.14. The predicted molar refractivity (Wildman–Crippen MR) is 128 cm³/mol. The molecule has 31 heavy (non-hydrogen) atoms. The molecule has 3 aromatic carbocycles. The second-order valence-corrected chi connectivity index (χ2v) is 7.71. The highest BCUT2D eigenvalue weighted by molar-refractivity contribution is 6.03. The molecule has 0 saturated carbocycles. The Bertz CT molecular complexity index is 1320. The maximum atomic E-state index is 4.67. The highest BCUT2D eigenvalue weighted by Crippen LogP contribution is 2.36. The summed E-state index contributed by atoms with van der Waals surface area (Å²) in [4.78, 5) is 9.28. The zero-order valence-electron chi connectivity index (χ0n) is 17.7. The molecule has 0 atom stereocenters. The van der Waals surface area contributed by atoms with Gasteiger partial charge < -0.3 is 9.88 Å². The number of nitrogens with one attached hydrogen (secondary N) is 1. The molecule has 2 aromatic heterocycles. The van der Waals surface area contributed by atoms with Gasteiger partial charge in [0.15, 0.2) is 5.65 Å². The summed E-state index contributed by atoms with van der Waals surface area (Å²) in [6, 6.07) is 27.4. The van der Waals surface area contributed by atoms with Gasteiger partial charge in [-0.25, -0.2) is 9.97 Å². The number of rotatable bonds is 5. The normalized spacial score (nSPS) is 11.0. The Kier molecular flexibility index (Phi) is 4.97. The van der Waals surface area contributed by atoms with E-state index in [0.717, 1.165) is 45.8 Å². The number of aryl methyl sites for hydroxylation is 2. The Balaban J connectivity index is 1.70. The molecule has 0 amide bonds. The minimum absolute atomic E-state index is 0.805. The number of nitrogens with zero attached hydrogens (tertiary/aromatic N) is 3. The van der Waals surface area contributed by atoms with Crippen LogP contribution in [0.15, 0.2) is 91.4 Å². The van der Waals surface area contributed by atoms with Crippen molar-refractivity contribution in [1.29, 1.82) is 0 Å². The average Bonchev–Trinajstić information content (AvgIpc) is 3.21. The standard InChI is InChI=1S/C27H24N4/c1-3-20-11-13-22(14-12-20)30-26-25-24(21-7-5-4-6-8-21)17-31(27(25)29-18-28-26)23-15-9-19(2)10-16-23/h4-18H,3H2,1-2H3,(H,28,29,30). The molecule has 0 aliphatic carbocycles. The Labute approximate surface area is 182 Å². The van der Waals surface area contributed by atoms with Crippen LogP contribution in [0.3, 0.4) is 0 Å². The molecule has 0 unspecified atom stereocenters. The first-order valence-corrected chi connectivity index (χ1v) is 10.6.